The lowest BCUT2D eigenvalue weighted by Crippen LogP contribution is -2.42. The Morgan fingerprint density at radius 2 is 1.90 bits per heavy atom. The minimum atomic E-state index is -0.465. The summed E-state index contributed by atoms with van der Waals surface area (Å²) < 4.78 is 13.0. The Hall–Kier alpha value is -2.38. The topological polar surface area (TPSA) is 76.8 Å². The van der Waals surface area contributed by atoms with E-state index in [0.29, 0.717) is 23.1 Å². The summed E-state index contributed by atoms with van der Waals surface area (Å²) in [5.74, 6) is 2.42. The van der Waals surface area contributed by atoms with Gasteiger partial charge in [0, 0.05) is 38.6 Å². The lowest BCUT2D eigenvalue weighted by atomic mass is 9.78. The SMILES string of the molecule is COC(=O)c1ccc(O[C@@H]2C[C@@H]3CN(CCn4ccnc4C)C[C@@H]3C[C@H]2O)cc1. The van der Waals surface area contributed by atoms with Crippen LogP contribution in [0.3, 0.4) is 0 Å². The zero-order chi connectivity index (χ0) is 20.4. The molecule has 0 amide bonds. The van der Waals surface area contributed by atoms with Crippen molar-refractivity contribution < 1.29 is 19.4 Å². The number of aliphatic hydroxyl groups is 1. The third-order valence-corrected chi connectivity index (χ3v) is 6.30. The molecule has 0 radical (unpaired) electrons. The second-order valence-electron chi connectivity index (χ2n) is 8.16. The number of carbonyl (C=O) groups is 1. The van der Waals surface area contributed by atoms with Crippen molar-refractivity contribution in [2.75, 3.05) is 26.7 Å². The van der Waals surface area contributed by atoms with Crippen LogP contribution in [0.2, 0.25) is 0 Å². The highest BCUT2D eigenvalue weighted by Gasteiger charge is 2.42. The number of hydrogen-bond donors (Lipinski definition) is 1. The molecule has 156 valence electrons. The molecule has 29 heavy (non-hydrogen) atoms. The van der Waals surface area contributed by atoms with Gasteiger partial charge >= 0.3 is 5.97 Å². The first-order valence-electron chi connectivity index (χ1n) is 10.3. The van der Waals surface area contributed by atoms with Crippen LogP contribution < -0.4 is 4.74 Å². The minimum absolute atomic E-state index is 0.212. The van der Waals surface area contributed by atoms with Crippen LogP contribution in [0, 0.1) is 18.8 Å². The van der Waals surface area contributed by atoms with Crippen molar-refractivity contribution in [1.82, 2.24) is 14.5 Å². The summed E-state index contributed by atoms with van der Waals surface area (Å²) in [7, 11) is 1.36. The van der Waals surface area contributed by atoms with Crippen LogP contribution in [-0.2, 0) is 11.3 Å². The molecule has 7 heteroatoms. The number of hydrogen-bond acceptors (Lipinski definition) is 6. The summed E-state index contributed by atoms with van der Waals surface area (Å²) in [6.45, 7) is 6.06. The lowest BCUT2D eigenvalue weighted by molar-refractivity contribution is -0.0231. The maximum Gasteiger partial charge on any atom is 0.337 e. The predicted molar refractivity (Wildman–Crippen MR) is 108 cm³/mol. The van der Waals surface area contributed by atoms with Crippen LogP contribution >= 0.6 is 0 Å². The third kappa shape index (κ3) is 4.46. The molecule has 2 heterocycles. The number of benzene rings is 1. The average molecular weight is 399 g/mol. The van der Waals surface area contributed by atoms with Crippen LogP contribution in [0.4, 0.5) is 0 Å². The maximum absolute atomic E-state index is 11.6. The molecule has 7 nitrogen and oxygen atoms in total. The van der Waals surface area contributed by atoms with Gasteiger partial charge in [-0.15, -0.1) is 0 Å². The van der Waals surface area contributed by atoms with Crippen LogP contribution in [0.5, 0.6) is 5.75 Å². The molecule has 0 bridgehead atoms. The fraction of sp³-hybridized carbons (Fsp3) is 0.545. The van der Waals surface area contributed by atoms with E-state index in [9.17, 15) is 9.90 Å². The number of nitrogens with zero attached hydrogens (tertiary/aromatic N) is 3. The number of carbonyl (C=O) groups excluding carboxylic acids is 1. The monoisotopic (exact) mass is 399 g/mol. The summed E-state index contributed by atoms with van der Waals surface area (Å²) in [6, 6.07) is 6.90. The molecule has 0 unspecified atom stereocenters. The zero-order valence-corrected chi connectivity index (χ0v) is 17.0. The van der Waals surface area contributed by atoms with Crippen molar-refractivity contribution in [3.8, 4) is 5.75 Å². The van der Waals surface area contributed by atoms with Gasteiger partial charge in [0.15, 0.2) is 0 Å². The van der Waals surface area contributed by atoms with Crippen LogP contribution in [0.1, 0.15) is 29.0 Å². The number of aromatic nitrogens is 2. The van der Waals surface area contributed by atoms with Crippen molar-refractivity contribution in [3.05, 3.63) is 48.0 Å². The van der Waals surface area contributed by atoms with E-state index in [-0.39, 0.29) is 12.1 Å². The largest absolute Gasteiger partial charge is 0.488 e. The van der Waals surface area contributed by atoms with Crippen LogP contribution in [0.15, 0.2) is 36.7 Å². The van der Waals surface area contributed by atoms with Gasteiger partial charge in [-0.25, -0.2) is 9.78 Å². The normalized spacial score (nSPS) is 26.9. The van der Waals surface area contributed by atoms with Gasteiger partial charge in [0.2, 0.25) is 0 Å². The minimum Gasteiger partial charge on any atom is -0.488 e. The van der Waals surface area contributed by atoms with E-state index in [2.05, 4.69) is 14.5 Å². The Morgan fingerprint density at radius 1 is 1.17 bits per heavy atom. The highest BCUT2D eigenvalue weighted by molar-refractivity contribution is 5.89. The molecular formula is C22H29N3O4. The molecular weight excluding hydrogens is 370 g/mol. The summed E-state index contributed by atoms with van der Waals surface area (Å²) in [5, 5.41) is 10.6. The quantitative estimate of drug-likeness (QED) is 0.750. The van der Waals surface area contributed by atoms with Gasteiger partial charge < -0.3 is 24.0 Å². The summed E-state index contributed by atoms with van der Waals surface area (Å²) in [6.07, 6.45) is 4.82. The van der Waals surface area contributed by atoms with E-state index < -0.39 is 6.10 Å². The maximum atomic E-state index is 11.6. The molecule has 4 atom stereocenters. The molecule has 1 N–H and O–H groups in total. The van der Waals surface area contributed by atoms with Gasteiger partial charge in [0.25, 0.3) is 0 Å². The fourth-order valence-corrected chi connectivity index (χ4v) is 4.65. The Labute approximate surface area is 171 Å². The van der Waals surface area contributed by atoms with E-state index in [1.165, 1.54) is 7.11 Å². The zero-order valence-electron chi connectivity index (χ0n) is 17.0. The number of fused-ring (bicyclic) bond motifs is 1. The second kappa shape index (κ2) is 8.55. The third-order valence-electron chi connectivity index (χ3n) is 6.30. The number of ether oxygens (including phenoxy) is 2. The lowest BCUT2D eigenvalue weighted by Gasteiger charge is -2.35. The van der Waals surface area contributed by atoms with Crippen LogP contribution in [-0.4, -0.2) is 64.5 Å². The Balaban J connectivity index is 1.32. The Kier molecular flexibility index (Phi) is 5.87. The average Bonchev–Trinajstić information content (AvgIpc) is 3.31. The first-order chi connectivity index (χ1) is 14.0. The van der Waals surface area contributed by atoms with Gasteiger partial charge in [-0.2, -0.15) is 0 Å². The first-order valence-corrected chi connectivity index (χ1v) is 10.3. The van der Waals surface area contributed by atoms with E-state index in [4.69, 9.17) is 9.47 Å². The Bertz CT molecular complexity index is 835. The van der Waals surface area contributed by atoms with Gasteiger partial charge in [0.05, 0.1) is 18.8 Å². The Morgan fingerprint density at radius 3 is 2.55 bits per heavy atom. The predicted octanol–water partition coefficient (Wildman–Crippen LogP) is 2.13. The van der Waals surface area contributed by atoms with E-state index >= 15 is 0 Å². The molecule has 1 aliphatic heterocycles. The molecule has 2 aliphatic rings. The van der Waals surface area contributed by atoms with Gasteiger partial charge in [-0.1, -0.05) is 0 Å². The number of aliphatic hydroxyl groups excluding tert-OH is 1. The highest BCUT2D eigenvalue weighted by atomic mass is 16.5. The van der Waals surface area contributed by atoms with Crippen LogP contribution in [0.25, 0.3) is 0 Å². The molecule has 1 saturated carbocycles. The van der Waals surface area contributed by atoms with Crippen molar-refractivity contribution in [2.24, 2.45) is 11.8 Å². The van der Waals surface area contributed by atoms with Crippen molar-refractivity contribution in [3.63, 3.8) is 0 Å². The molecule has 1 aromatic heterocycles. The molecule has 4 rings (SSSR count). The summed E-state index contributed by atoms with van der Waals surface area (Å²) >= 11 is 0. The standard InChI is InChI=1S/C22H29N3O4/c1-15-23-7-8-25(15)10-9-24-13-17-11-20(26)21(12-18(17)14-24)29-19-5-3-16(4-6-19)22(27)28-2/h3-8,17-18,20-21,26H,9-14H2,1-2H3/t17-,18+,20+,21+/m0/s1. The molecule has 1 saturated heterocycles. The van der Waals surface area contributed by atoms with E-state index in [0.717, 1.165) is 44.8 Å². The van der Waals surface area contributed by atoms with Crippen molar-refractivity contribution in [1.29, 1.82) is 0 Å². The first kappa shape index (κ1) is 19.9. The van der Waals surface area contributed by atoms with Crippen molar-refractivity contribution in [2.45, 2.75) is 38.5 Å². The molecule has 1 aromatic carbocycles. The number of rotatable bonds is 6. The van der Waals surface area contributed by atoms with Crippen molar-refractivity contribution >= 4 is 5.97 Å². The summed E-state index contributed by atoms with van der Waals surface area (Å²) in [4.78, 5) is 18.3. The van der Waals surface area contributed by atoms with Gasteiger partial charge in [0.1, 0.15) is 17.7 Å². The molecule has 2 fully saturated rings. The van der Waals surface area contributed by atoms with E-state index in [1.807, 2.05) is 19.3 Å². The molecule has 0 spiro atoms. The number of methoxy groups -OCH3 is 1. The number of esters is 1. The van der Waals surface area contributed by atoms with Gasteiger partial charge in [-0.3, -0.25) is 0 Å². The fourth-order valence-electron chi connectivity index (χ4n) is 4.65. The molecule has 1 aliphatic carbocycles. The highest BCUT2D eigenvalue weighted by Crippen LogP contribution is 2.38. The second-order valence-corrected chi connectivity index (χ2v) is 8.16. The smallest absolute Gasteiger partial charge is 0.337 e. The number of imidazole rings is 1. The number of likely N-dealkylation sites (tertiary alicyclic amines) is 1. The number of aryl methyl sites for hydroxylation is 1. The van der Waals surface area contributed by atoms with E-state index in [1.54, 1.807) is 24.3 Å². The van der Waals surface area contributed by atoms with Gasteiger partial charge in [-0.05, 0) is 55.9 Å². The molecule has 2 aromatic rings. The summed E-state index contributed by atoms with van der Waals surface area (Å²) in [5.41, 5.74) is 0.490.